The Morgan fingerprint density at radius 1 is 0.955 bits per heavy atom. The van der Waals surface area contributed by atoms with E-state index in [0.29, 0.717) is 0 Å². The number of aliphatic hydroxyl groups excluding tert-OH is 3. The number of phenols is 3. The predicted molar refractivity (Wildman–Crippen MR) is 160 cm³/mol. The molecule has 1 aromatic rings. The van der Waals surface area contributed by atoms with Gasteiger partial charge in [-0.05, 0) is 33.3 Å². The summed E-state index contributed by atoms with van der Waals surface area (Å²) in [5.74, 6) is -8.75. The molecule has 2 amide bonds. The fraction of sp³-hybridized carbons (Fsp3) is 0.448. The Bertz CT molecular complexity index is 1530. The van der Waals surface area contributed by atoms with Crippen LogP contribution in [-0.2, 0) is 16.0 Å². The van der Waals surface area contributed by atoms with Crippen LogP contribution in [0.5, 0.6) is 17.2 Å². The van der Waals surface area contributed by atoms with Gasteiger partial charge in [0.15, 0.2) is 17.2 Å². The first-order chi connectivity index (χ1) is 20.2. The Morgan fingerprint density at radius 2 is 1.55 bits per heavy atom. The maximum atomic E-state index is 12.6. The number of carbonyl (C=O) groups is 3. The molecule has 0 radical (unpaired) electrons. The molecule has 15 heteroatoms. The number of primary amides is 1. The lowest BCUT2D eigenvalue weighted by Gasteiger charge is -2.39. The minimum atomic E-state index is -1.80. The van der Waals surface area contributed by atoms with Crippen LogP contribution >= 0.6 is 0 Å². The molecule has 0 saturated carbocycles. The summed E-state index contributed by atoms with van der Waals surface area (Å²) >= 11 is 0. The van der Waals surface area contributed by atoms with Crippen molar-refractivity contribution < 1.29 is 50.1 Å². The number of nitrogens with one attached hydrogen (secondary N) is 1. The average molecular weight is 618 g/mol. The van der Waals surface area contributed by atoms with E-state index < -0.39 is 82.0 Å². The summed E-state index contributed by atoms with van der Waals surface area (Å²) in [6, 6.07) is 0. The minimum absolute atomic E-state index is 0.0673. The molecule has 3 rings (SSSR count). The number of likely N-dealkylation sites (N-methyl/N-ethyl adjacent to an activating group) is 1. The highest BCUT2D eigenvalue weighted by molar-refractivity contribution is 6.10. The van der Waals surface area contributed by atoms with Crippen molar-refractivity contribution >= 4 is 29.2 Å². The van der Waals surface area contributed by atoms with Gasteiger partial charge in [0, 0.05) is 62.1 Å². The number of carboxylic acids is 1. The number of anilines is 1. The molecule has 0 bridgehead atoms. The van der Waals surface area contributed by atoms with E-state index in [1.54, 1.807) is 14.1 Å². The molecule has 0 heterocycles. The first kappa shape index (κ1) is 33.9. The maximum Gasteiger partial charge on any atom is 0.335 e. The zero-order chi connectivity index (χ0) is 33.6. The van der Waals surface area contributed by atoms with E-state index >= 15 is 0 Å². The molecule has 240 valence electrons. The van der Waals surface area contributed by atoms with Crippen molar-refractivity contribution in [1.82, 2.24) is 10.2 Å². The molecule has 2 aliphatic carbocycles. The highest BCUT2D eigenvalue weighted by Crippen LogP contribution is 2.50. The number of phenolic OH excluding ortho intramolecular Hbond substituents is 1. The van der Waals surface area contributed by atoms with Gasteiger partial charge in [-0.2, -0.15) is 0 Å². The van der Waals surface area contributed by atoms with Crippen LogP contribution in [0.4, 0.5) is 5.69 Å². The van der Waals surface area contributed by atoms with Gasteiger partial charge in [-0.1, -0.05) is 0 Å². The number of aromatic hydroxyl groups is 3. The van der Waals surface area contributed by atoms with Gasteiger partial charge < -0.3 is 56.6 Å². The lowest BCUT2D eigenvalue weighted by atomic mass is 9.72. The second kappa shape index (κ2) is 12.2. The second-order valence-electron chi connectivity index (χ2n) is 12.0. The van der Waals surface area contributed by atoms with E-state index in [1.165, 1.54) is 30.0 Å². The third kappa shape index (κ3) is 6.20. The number of carboxylic acid groups (broad SMARTS) is 1. The molecular weight excluding hydrogens is 578 g/mol. The Morgan fingerprint density at radius 3 is 2.02 bits per heavy atom. The molecule has 44 heavy (non-hydrogen) atoms. The fourth-order valence-electron chi connectivity index (χ4n) is 5.31. The number of rotatable bonds is 8. The first-order valence-electron chi connectivity index (χ1n) is 13.5. The van der Waals surface area contributed by atoms with Crippen molar-refractivity contribution in [2.75, 3.05) is 39.6 Å². The SMILES string of the molecule is CN(C)C1=CC(=NC(=O)CNC(C)(C)C)C(O)C2=C1[C@H](O)[C@@H](Cc1c(O)c(O)c(C(N)=O)c(O)c1N(C)C)C(C(=O)O)=C2O. The van der Waals surface area contributed by atoms with Crippen LogP contribution in [0.2, 0.25) is 0 Å². The van der Waals surface area contributed by atoms with Gasteiger partial charge in [-0.3, -0.25) is 9.59 Å². The third-order valence-electron chi connectivity index (χ3n) is 7.31. The number of aliphatic hydroxyl groups is 3. The van der Waals surface area contributed by atoms with Crippen LogP contribution in [-0.4, -0.2) is 117 Å². The lowest BCUT2D eigenvalue weighted by molar-refractivity contribution is -0.134. The van der Waals surface area contributed by atoms with Gasteiger partial charge in [0.25, 0.3) is 11.8 Å². The summed E-state index contributed by atoms with van der Waals surface area (Å²) in [5.41, 5.74) is 2.44. The number of hydrogen-bond acceptors (Lipinski definition) is 12. The van der Waals surface area contributed by atoms with Crippen LogP contribution in [0.1, 0.15) is 36.7 Å². The molecule has 0 spiro atoms. The van der Waals surface area contributed by atoms with E-state index in [4.69, 9.17) is 5.73 Å². The number of nitrogens with zero attached hydrogens (tertiary/aromatic N) is 3. The number of carbonyl (C=O) groups excluding carboxylic acids is 2. The molecular formula is C29H39N5O10. The monoisotopic (exact) mass is 617 g/mol. The smallest absolute Gasteiger partial charge is 0.335 e. The zero-order valence-electron chi connectivity index (χ0n) is 25.5. The molecule has 0 aliphatic heterocycles. The molecule has 0 saturated heterocycles. The largest absolute Gasteiger partial charge is 0.507 e. The van der Waals surface area contributed by atoms with Crippen molar-refractivity contribution in [2.24, 2.45) is 16.6 Å². The number of hydrogen-bond donors (Lipinski definition) is 9. The number of aliphatic imine (C=N–C) groups is 1. The van der Waals surface area contributed by atoms with E-state index in [1.807, 2.05) is 20.8 Å². The van der Waals surface area contributed by atoms with Crippen molar-refractivity contribution in [3.63, 3.8) is 0 Å². The summed E-state index contributed by atoms with van der Waals surface area (Å²) in [4.78, 5) is 43.8. The standard InChI is InChI=1S/C29H39N5O10/c1-29(2,3)31-10-15(35)32-13-9-14(33(4)5)17-18(23(13)38)24(39)16(28(43)44)11(21(17)36)8-12-20(34(6)7)25(40)19(27(30)42)26(41)22(12)37/h9,11,21,23,31,36-41H,8,10H2,1-7H3,(H2,30,42)(H,43,44)/t11-,21+,23?/m0/s1. The van der Waals surface area contributed by atoms with Crippen LogP contribution in [0, 0.1) is 5.92 Å². The molecule has 1 unspecified atom stereocenters. The molecule has 0 fully saturated rings. The third-order valence-corrected chi connectivity index (χ3v) is 7.31. The molecule has 0 aromatic heterocycles. The van der Waals surface area contributed by atoms with Crippen LogP contribution < -0.4 is 16.0 Å². The highest BCUT2D eigenvalue weighted by atomic mass is 16.4. The van der Waals surface area contributed by atoms with Gasteiger partial charge in [0.2, 0.25) is 0 Å². The Labute approximate surface area is 253 Å². The Kier molecular flexibility index (Phi) is 9.39. The molecule has 3 atom stereocenters. The molecule has 15 nitrogen and oxygen atoms in total. The average Bonchev–Trinajstić information content (AvgIpc) is 2.88. The van der Waals surface area contributed by atoms with Gasteiger partial charge in [0.1, 0.15) is 17.4 Å². The number of aliphatic carboxylic acids is 1. The Balaban J connectivity index is 2.23. The number of nitrogens with two attached hydrogens (primary N) is 1. The predicted octanol–water partition coefficient (Wildman–Crippen LogP) is -0.129. The molecule has 10 N–H and O–H groups in total. The summed E-state index contributed by atoms with van der Waals surface area (Å²) in [7, 11) is 6.04. The topological polar surface area (TPSA) is 250 Å². The summed E-state index contributed by atoms with van der Waals surface area (Å²) < 4.78 is 0. The summed E-state index contributed by atoms with van der Waals surface area (Å²) in [5, 5.41) is 79.6. The lowest BCUT2D eigenvalue weighted by Crippen LogP contribution is -2.43. The van der Waals surface area contributed by atoms with Crippen molar-refractivity contribution in [3.05, 3.63) is 45.4 Å². The first-order valence-corrected chi connectivity index (χ1v) is 13.5. The quantitative estimate of drug-likeness (QED) is 0.136. The zero-order valence-corrected chi connectivity index (χ0v) is 25.5. The van der Waals surface area contributed by atoms with Crippen LogP contribution in [0.3, 0.4) is 0 Å². The second-order valence-corrected chi connectivity index (χ2v) is 12.0. The van der Waals surface area contributed by atoms with E-state index in [9.17, 15) is 50.1 Å². The van der Waals surface area contributed by atoms with Crippen molar-refractivity contribution in [2.45, 2.75) is 44.9 Å². The van der Waals surface area contributed by atoms with Crippen LogP contribution in [0.25, 0.3) is 0 Å². The Hall–Kier alpha value is -4.60. The van der Waals surface area contributed by atoms with Gasteiger partial charge in [-0.15, -0.1) is 0 Å². The summed E-state index contributed by atoms with van der Waals surface area (Å²) in [6.07, 6.45) is -2.80. The van der Waals surface area contributed by atoms with Crippen LogP contribution in [0.15, 0.2) is 39.2 Å². The van der Waals surface area contributed by atoms with E-state index in [0.717, 1.165) is 0 Å². The van der Waals surface area contributed by atoms with Crippen molar-refractivity contribution in [1.29, 1.82) is 0 Å². The van der Waals surface area contributed by atoms with E-state index in [-0.39, 0.29) is 40.4 Å². The van der Waals surface area contributed by atoms with Gasteiger partial charge >= 0.3 is 5.97 Å². The number of benzene rings is 1. The van der Waals surface area contributed by atoms with E-state index in [2.05, 4.69) is 10.3 Å². The van der Waals surface area contributed by atoms with Crippen molar-refractivity contribution in [3.8, 4) is 17.2 Å². The molecule has 2 aliphatic rings. The molecule has 1 aromatic carbocycles. The van der Waals surface area contributed by atoms with Gasteiger partial charge in [-0.25, -0.2) is 9.79 Å². The normalized spacial score (nSPS) is 21.2. The number of amides is 2. The fourth-order valence-corrected chi connectivity index (χ4v) is 5.31. The maximum absolute atomic E-state index is 12.6. The van der Waals surface area contributed by atoms with Gasteiger partial charge in [0.05, 0.1) is 29.6 Å². The summed E-state index contributed by atoms with van der Waals surface area (Å²) in [6.45, 7) is 5.36. The highest BCUT2D eigenvalue weighted by Gasteiger charge is 2.46. The minimum Gasteiger partial charge on any atom is -0.507 e.